The van der Waals surface area contributed by atoms with E-state index >= 15 is 0 Å². The number of carboxylic acid groups (broad SMARTS) is 1. The number of rotatable bonds is 7. The first-order valence-electron chi connectivity index (χ1n) is 6.40. The van der Waals surface area contributed by atoms with Crippen molar-refractivity contribution in [1.29, 1.82) is 0 Å². The van der Waals surface area contributed by atoms with E-state index in [1.807, 2.05) is 6.20 Å². The topological polar surface area (TPSA) is 55.1 Å². The number of imidazole rings is 1. The average molecular weight is 270 g/mol. The Morgan fingerprint density at radius 2 is 2.06 bits per heavy atom. The normalized spacial score (nSPS) is 11.8. The lowest BCUT2D eigenvalue weighted by Crippen LogP contribution is -2.30. The highest BCUT2D eigenvalue weighted by Gasteiger charge is 2.27. The number of aromatic nitrogens is 2. The zero-order valence-electron chi connectivity index (χ0n) is 11.6. The van der Waals surface area contributed by atoms with Crippen LogP contribution in [-0.2, 0) is 16.8 Å². The highest BCUT2D eigenvalue weighted by atomic mass is 32.2. The average Bonchev–Trinajstić information content (AvgIpc) is 2.79. The molecule has 0 aliphatic heterocycles. The molecule has 1 rings (SSSR count). The molecular formula is C13H22N2O2S. The van der Waals surface area contributed by atoms with Crippen LogP contribution in [0.15, 0.2) is 11.4 Å². The Kier molecular flexibility index (Phi) is 5.26. The molecule has 0 saturated carbocycles. The number of aryl methyl sites for hydroxylation is 1. The summed E-state index contributed by atoms with van der Waals surface area (Å²) in [7, 11) is 0. The molecule has 0 aliphatic rings. The second-order valence-corrected chi connectivity index (χ2v) is 5.55. The van der Waals surface area contributed by atoms with Crippen LogP contribution < -0.4 is 0 Å². The third kappa shape index (κ3) is 3.07. The zero-order chi connectivity index (χ0) is 13.8. The molecule has 0 radical (unpaired) electrons. The molecule has 1 N–H and O–H groups in total. The molecule has 0 saturated heterocycles. The molecule has 0 amide bonds. The maximum atomic E-state index is 10.7. The molecule has 1 aromatic heterocycles. The molecule has 0 spiro atoms. The minimum Gasteiger partial charge on any atom is -0.481 e. The van der Waals surface area contributed by atoms with E-state index in [1.165, 1.54) is 17.5 Å². The number of thioether (sulfide) groups is 1. The fraction of sp³-hybridized carbons (Fsp3) is 0.692. The summed E-state index contributed by atoms with van der Waals surface area (Å²) >= 11 is 1.30. The van der Waals surface area contributed by atoms with Gasteiger partial charge >= 0.3 is 5.97 Å². The summed E-state index contributed by atoms with van der Waals surface area (Å²) in [6, 6.07) is 0. The Labute approximate surface area is 113 Å². The van der Waals surface area contributed by atoms with Gasteiger partial charge in [-0.2, -0.15) is 0 Å². The standard InChI is InChI=1S/C13H22N2O2S/c1-5-10-8-14-12(18-9-11(16)17)15(10)13(4,6-2)7-3/h8H,5-7,9H2,1-4H3,(H,16,17). The summed E-state index contributed by atoms with van der Waals surface area (Å²) in [5.41, 5.74) is 1.19. The fourth-order valence-electron chi connectivity index (χ4n) is 1.99. The van der Waals surface area contributed by atoms with Gasteiger partial charge in [-0.1, -0.05) is 32.5 Å². The van der Waals surface area contributed by atoms with Crippen LogP contribution in [0.4, 0.5) is 0 Å². The maximum absolute atomic E-state index is 10.7. The van der Waals surface area contributed by atoms with Gasteiger partial charge in [0, 0.05) is 17.4 Å². The van der Waals surface area contributed by atoms with E-state index in [0.717, 1.165) is 24.4 Å². The first kappa shape index (κ1) is 15.1. The number of hydrogen-bond donors (Lipinski definition) is 1. The van der Waals surface area contributed by atoms with Crippen LogP contribution in [-0.4, -0.2) is 26.4 Å². The van der Waals surface area contributed by atoms with Gasteiger partial charge in [0.05, 0.1) is 5.75 Å². The highest BCUT2D eigenvalue weighted by Crippen LogP contribution is 2.32. The number of aliphatic carboxylic acids is 1. The lowest BCUT2D eigenvalue weighted by Gasteiger charge is -2.32. The molecule has 0 unspecified atom stereocenters. The van der Waals surface area contributed by atoms with Gasteiger partial charge in [-0.15, -0.1) is 0 Å². The lowest BCUT2D eigenvalue weighted by atomic mass is 9.95. The Morgan fingerprint density at radius 1 is 1.44 bits per heavy atom. The van der Waals surface area contributed by atoms with Crippen molar-refractivity contribution in [3.05, 3.63) is 11.9 Å². The van der Waals surface area contributed by atoms with Gasteiger partial charge in [0.2, 0.25) is 0 Å². The van der Waals surface area contributed by atoms with Crippen molar-refractivity contribution < 1.29 is 9.90 Å². The molecular weight excluding hydrogens is 248 g/mol. The molecule has 0 aliphatic carbocycles. The second-order valence-electron chi connectivity index (χ2n) is 4.61. The van der Waals surface area contributed by atoms with Crippen LogP contribution in [0.5, 0.6) is 0 Å². The van der Waals surface area contributed by atoms with Crippen molar-refractivity contribution >= 4 is 17.7 Å². The monoisotopic (exact) mass is 270 g/mol. The quantitative estimate of drug-likeness (QED) is 0.773. The van der Waals surface area contributed by atoms with Gasteiger partial charge in [-0.3, -0.25) is 4.79 Å². The molecule has 102 valence electrons. The maximum Gasteiger partial charge on any atom is 0.313 e. The van der Waals surface area contributed by atoms with Crippen LogP contribution in [0.3, 0.4) is 0 Å². The van der Waals surface area contributed by atoms with Crippen LogP contribution in [0, 0.1) is 0 Å². The van der Waals surface area contributed by atoms with E-state index in [2.05, 4.69) is 37.2 Å². The summed E-state index contributed by atoms with van der Waals surface area (Å²) in [4.78, 5) is 15.1. The van der Waals surface area contributed by atoms with Crippen molar-refractivity contribution in [3.8, 4) is 0 Å². The summed E-state index contributed by atoms with van der Waals surface area (Å²) in [5.74, 6) is -0.744. The number of nitrogens with zero attached hydrogens (tertiary/aromatic N) is 2. The summed E-state index contributed by atoms with van der Waals surface area (Å²) < 4.78 is 2.22. The van der Waals surface area contributed by atoms with Crippen molar-refractivity contribution in [1.82, 2.24) is 9.55 Å². The van der Waals surface area contributed by atoms with Crippen LogP contribution in [0.25, 0.3) is 0 Å². The van der Waals surface area contributed by atoms with Gasteiger partial charge < -0.3 is 9.67 Å². The fourth-order valence-corrected chi connectivity index (χ4v) is 2.84. The third-order valence-electron chi connectivity index (χ3n) is 3.55. The summed E-state index contributed by atoms with van der Waals surface area (Å²) in [5, 5.41) is 9.61. The van der Waals surface area contributed by atoms with Crippen LogP contribution in [0.1, 0.15) is 46.2 Å². The summed E-state index contributed by atoms with van der Waals surface area (Å²) in [6.07, 6.45) is 4.80. The largest absolute Gasteiger partial charge is 0.481 e. The van der Waals surface area contributed by atoms with Crippen LogP contribution >= 0.6 is 11.8 Å². The predicted octanol–water partition coefficient (Wildman–Crippen LogP) is 3.16. The minimum atomic E-state index is -0.803. The lowest BCUT2D eigenvalue weighted by molar-refractivity contribution is -0.133. The Hall–Kier alpha value is -0.970. The van der Waals surface area contributed by atoms with Crippen molar-refractivity contribution in [2.45, 2.75) is 57.7 Å². The molecule has 0 atom stereocenters. The second kappa shape index (κ2) is 6.27. The smallest absolute Gasteiger partial charge is 0.313 e. The molecule has 4 nitrogen and oxygen atoms in total. The Morgan fingerprint density at radius 3 is 2.50 bits per heavy atom. The predicted molar refractivity (Wildman–Crippen MR) is 74.2 cm³/mol. The van der Waals surface area contributed by atoms with E-state index in [0.29, 0.717) is 0 Å². The van der Waals surface area contributed by atoms with Gasteiger partial charge in [0.15, 0.2) is 5.16 Å². The van der Waals surface area contributed by atoms with Crippen molar-refractivity contribution in [3.63, 3.8) is 0 Å². The van der Waals surface area contributed by atoms with Crippen molar-refractivity contribution in [2.24, 2.45) is 0 Å². The molecule has 0 bridgehead atoms. The Bertz CT molecular complexity index is 411. The molecule has 0 fully saturated rings. The SMILES string of the molecule is CCc1cnc(SCC(=O)O)n1C(C)(CC)CC. The van der Waals surface area contributed by atoms with E-state index in [9.17, 15) is 4.79 Å². The number of carboxylic acids is 1. The minimum absolute atomic E-state index is 0.0165. The van der Waals surface area contributed by atoms with Crippen LogP contribution in [0.2, 0.25) is 0 Å². The van der Waals surface area contributed by atoms with E-state index in [-0.39, 0.29) is 11.3 Å². The molecule has 0 aromatic carbocycles. The van der Waals surface area contributed by atoms with Gasteiger partial charge in [0.25, 0.3) is 0 Å². The molecule has 1 heterocycles. The number of carbonyl (C=O) groups is 1. The van der Waals surface area contributed by atoms with E-state index in [1.54, 1.807) is 0 Å². The first-order chi connectivity index (χ1) is 8.48. The van der Waals surface area contributed by atoms with Gasteiger partial charge in [-0.25, -0.2) is 4.98 Å². The van der Waals surface area contributed by atoms with E-state index in [4.69, 9.17) is 5.11 Å². The van der Waals surface area contributed by atoms with Gasteiger partial charge in [0.1, 0.15) is 0 Å². The number of hydrogen-bond acceptors (Lipinski definition) is 3. The molecule has 5 heteroatoms. The van der Waals surface area contributed by atoms with Gasteiger partial charge in [-0.05, 0) is 26.2 Å². The highest BCUT2D eigenvalue weighted by molar-refractivity contribution is 7.99. The third-order valence-corrected chi connectivity index (χ3v) is 4.49. The van der Waals surface area contributed by atoms with E-state index < -0.39 is 5.97 Å². The van der Waals surface area contributed by atoms with Crippen molar-refractivity contribution in [2.75, 3.05) is 5.75 Å². The molecule has 18 heavy (non-hydrogen) atoms. The Balaban J connectivity index is 3.12. The zero-order valence-corrected chi connectivity index (χ0v) is 12.4. The molecule has 1 aromatic rings. The summed E-state index contributed by atoms with van der Waals surface area (Å²) in [6.45, 7) is 8.63. The first-order valence-corrected chi connectivity index (χ1v) is 7.38.